The Morgan fingerprint density at radius 3 is 2.33 bits per heavy atom. The highest BCUT2D eigenvalue weighted by Gasteiger charge is 2.16. The molecule has 0 spiro atoms. The number of rotatable bonds is 4. The topological polar surface area (TPSA) is 20.2 Å². The van der Waals surface area contributed by atoms with Gasteiger partial charge in [-0.05, 0) is 55.6 Å². The van der Waals surface area contributed by atoms with Crippen molar-refractivity contribution in [2.45, 2.75) is 60.8 Å². The van der Waals surface area contributed by atoms with Crippen molar-refractivity contribution in [2.24, 2.45) is 11.3 Å². The van der Waals surface area contributed by atoms with Gasteiger partial charge in [-0.2, -0.15) is 0 Å². The van der Waals surface area contributed by atoms with E-state index in [0.29, 0.717) is 17.1 Å². The molecule has 0 fully saturated rings. The van der Waals surface area contributed by atoms with Gasteiger partial charge in [-0.1, -0.05) is 45.4 Å². The summed E-state index contributed by atoms with van der Waals surface area (Å²) in [5, 5.41) is 10.1. The molecule has 1 rings (SSSR count). The maximum absolute atomic E-state index is 10.1. The first-order valence-electron chi connectivity index (χ1n) is 6.98. The Kier molecular flexibility index (Phi) is 4.84. The summed E-state index contributed by atoms with van der Waals surface area (Å²) in [5.74, 6) is 1.19. The van der Waals surface area contributed by atoms with Gasteiger partial charge in [0.1, 0.15) is 5.75 Å². The fourth-order valence-electron chi connectivity index (χ4n) is 2.79. The number of aromatic hydroxyl groups is 1. The summed E-state index contributed by atoms with van der Waals surface area (Å²) < 4.78 is 0. The number of hydrogen-bond acceptors (Lipinski definition) is 1. The third-order valence-electron chi connectivity index (χ3n) is 3.39. The summed E-state index contributed by atoms with van der Waals surface area (Å²) >= 11 is 0. The first-order chi connectivity index (χ1) is 8.19. The third kappa shape index (κ3) is 4.72. The first-order valence-corrected chi connectivity index (χ1v) is 6.98. The lowest BCUT2D eigenvalue weighted by molar-refractivity contribution is 0.296. The highest BCUT2D eigenvalue weighted by molar-refractivity contribution is 5.42. The summed E-state index contributed by atoms with van der Waals surface area (Å²) in [6.45, 7) is 13.2. The second-order valence-electron chi connectivity index (χ2n) is 7.00. The maximum Gasteiger partial charge on any atom is 0.121 e. The quantitative estimate of drug-likeness (QED) is 0.793. The van der Waals surface area contributed by atoms with Gasteiger partial charge in [-0.15, -0.1) is 0 Å². The Labute approximate surface area is 112 Å². The highest BCUT2D eigenvalue weighted by Crippen LogP contribution is 2.29. The molecular weight excluding hydrogens is 220 g/mol. The number of phenols is 1. The molecule has 0 saturated carbocycles. The molecule has 0 aliphatic carbocycles. The average Bonchev–Trinajstić information content (AvgIpc) is 2.18. The Balaban J connectivity index is 2.64. The lowest BCUT2D eigenvalue weighted by Crippen LogP contribution is -2.11. The van der Waals surface area contributed by atoms with Gasteiger partial charge in [0.2, 0.25) is 0 Å². The van der Waals surface area contributed by atoms with Gasteiger partial charge in [0, 0.05) is 0 Å². The zero-order valence-electron chi connectivity index (χ0n) is 12.8. The van der Waals surface area contributed by atoms with E-state index in [1.807, 2.05) is 13.0 Å². The van der Waals surface area contributed by atoms with Crippen LogP contribution in [0.2, 0.25) is 0 Å². The fraction of sp³-hybridized carbons (Fsp3) is 0.647. The standard InChI is InChI=1S/C17H28O/c1-12(11-17(4,5)6)7-8-15-10-13(2)9-14(3)16(15)18/h9-10,12,18H,7-8,11H2,1-6H3. The normalized spacial score (nSPS) is 13.7. The van der Waals surface area contributed by atoms with Crippen LogP contribution in [0.15, 0.2) is 12.1 Å². The van der Waals surface area contributed by atoms with Crippen molar-refractivity contribution in [1.29, 1.82) is 0 Å². The summed E-state index contributed by atoms with van der Waals surface area (Å²) in [7, 11) is 0. The molecule has 0 aromatic heterocycles. The van der Waals surface area contributed by atoms with E-state index in [2.05, 4.69) is 40.7 Å². The average molecular weight is 248 g/mol. The molecule has 1 heteroatoms. The molecule has 1 N–H and O–H groups in total. The SMILES string of the molecule is Cc1cc(C)c(O)c(CCC(C)CC(C)(C)C)c1. The first kappa shape index (κ1) is 15.1. The molecule has 102 valence electrons. The minimum atomic E-state index is 0.393. The van der Waals surface area contributed by atoms with Crippen LogP contribution in [0.3, 0.4) is 0 Å². The molecule has 1 nitrogen and oxygen atoms in total. The third-order valence-corrected chi connectivity index (χ3v) is 3.39. The van der Waals surface area contributed by atoms with E-state index in [1.165, 1.54) is 12.0 Å². The molecule has 0 aliphatic heterocycles. The molecule has 1 atom stereocenters. The van der Waals surface area contributed by atoms with E-state index in [1.54, 1.807) is 0 Å². The molecule has 0 amide bonds. The molecule has 1 aromatic carbocycles. The zero-order valence-corrected chi connectivity index (χ0v) is 12.8. The molecule has 0 aliphatic rings. The molecule has 18 heavy (non-hydrogen) atoms. The lowest BCUT2D eigenvalue weighted by Gasteiger charge is -2.23. The monoisotopic (exact) mass is 248 g/mol. The van der Waals surface area contributed by atoms with E-state index in [9.17, 15) is 5.11 Å². The van der Waals surface area contributed by atoms with E-state index in [-0.39, 0.29) is 0 Å². The molecule has 0 bridgehead atoms. The summed E-state index contributed by atoms with van der Waals surface area (Å²) in [5.41, 5.74) is 3.73. The van der Waals surface area contributed by atoms with E-state index < -0.39 is 0 Å². The number of phenolic OH excluding ortho intramolecular Hbond substituents is 1. The Bertz CT molecular complexity index is 399. The maximum atomic E-state index is 10.1. The van der Waals surface area contributed by atoms with Crippen molar-refractivity contribution in [3.05, 3.63) is 28.8 Å². The molecule has 0 saturated heterocycles. The van der Waals surface area contributed by atoms with Gasteiger partial charge in [0.15, 0.2) is 0 Å². The zero-order chi connectivity index (χ0) is 13.9. The van der Waals surface area contributed by atoms with Crippen LogP contribution in [0.4, 0.5) is 0 Å². The van der Waals surface area contributed by atoms with Crippen molar-refractivity contribution < 1.29 is 5.11 Å². The molecule has 0 radical (unpaired) electrons. The lowest BCUT2D eigenvalue weighted by atomic mass is 9.83. The highest BCUT2D eigenvalue weighted by atomic mass is 16.3. The predicted octanol–water partition coefficient (Wildman–Crippen LogP) is 5.01. The van der Waals surface area contributed by atoms with E-state index >= 15 is 0 Å². The molecular formula is C17H28O. The second kappa shape index (κ2) is 5.77. The minimum absolute atomic E-state index is 0.393. The van der Waals surface area contributed by atoms with Crippen molar-refractivity contribution in [3.8, 4) is 5.75 Å². The molecule has 1 unspecified atom stereocenters. The second-order valence-corrected chi connectivity index (χ2v) is 7.00. The van der Waals surface area contributed by atoms with Crippen LogP contribution >= 0.6 is 0 Å². The molecule has 0 heterocycles. The Hall–Kier alpha value is -0.980. The van der Waals surface area contributed by atoms with Crippen LogP contribution in [-0.4, -0.2) is 5.11 Å². The minimum Gasteiger partial charge on any atom is -0.507 e. The van der Waals surface area contributed by atoms with E-state index in [0.717, 1.165) is 24.0 Å². The van der Waals surface area contributed by atoms with Crippen LogP contribution in [0, 0.1) is 25.2 Å². The van der Waals surface area contributed by atoms with Crippen LogP contribution < -0.4 is 0 Å². The van der Waals surface area contributed by atoms with Crippen LogP contribution in [0.5, 0.6) is 5.75 Å². The summed E-state index contributed by atoms with van der Waals surface area (Å²) in [6, 6.07) is 4.16. The largest absolute Gasteiger partial charge is 0.507 e. The van der Waals surface area contributed by atoms with Gasteiger partial charge < -0.3 is 5.11 Å². The number of benzene rings is 1. The Morgan fingerprint density at radius 2 is 1.78 bits per heavy atom. The number of hydrogen-bond donors (Lipinski definition) is 1. The van der Waals surface area contributed by atoms with E-state index in [4.69, 9.17) is 0 Å². The van der Waals surface area contributed by atoms with Crippen molar-refractivity contribution in [3.63, 3.8) is 0 Å². The molecule has 1 aromatic rings. The van der Waals surface area contributed by atoms with Crippen LogP contribution in [0.25, 0.3) is 0 Å². The van der Waals surface area contributed by atoms with Gasteiger partial charge in [-0.25, -0.2) is 0 Å². The number of aryl methyl sites for hydroxylation is 3. The van der Waals surface area contributed by atoms with Gasteiger partial charge in [0.05, 0.1) is 0 Å². The van der Waals surface area contributed by atoms with Gasteiger partial charge >= 0.3 is 0 Å². The van der Waals surface area contributed by atoms with Crippen LogP contribution in [-0.2, 0) is 6.42 Å². The van der Waals surface area contributed by atoms with Gasteiger partial charge in [0.25, 0.3) is 0 Å². The van der Waals surface area contributed by atoms with Crippen molar-refractivity contribution in [2.75, 3.05) is 0 Å². The summed E-state index contributed by atoms with van der Waals surface area (Å²) in [4.78, 5) is 0. The summed E-state index contributed by atoms with van der Waals surface area (Å²) in [6.07, 6.45) is 3.36. The fourth-order valence-corrected chi connectivity index (χ4v) is 2.79. The van der Waals surface area contributed by atoms with Gasteiger partial charge in [-0.3, -0.25) is 0 Å². The van der Waals surface area contributed by atoms with Crippen LogP contribution in [0.1, 0.15) is 57.2 Å². The Morgan fingerprint density at radius 1 is 1.17 bits per heavy atom. The van der Waals surface area contributed by atoms with Crippen molar-refractivity contribution in [1.82, 2.24) is 0 Å². The smallest absolute Gasteiger partial charge is 0.121 e. The predicted molar refractivity (Wildman–Crippen MR) is 79.1 cm³/mol. The van der Waals surface area contributed by atoms with Crippen molar-refractivity contribution >= 4 is 0 Å².